The zero-order chi connectivity index (χ0) is 13.1. The highest BCUT2D eigenvalue weighted by Crippen LogP contribution is 2.36. The van der Waals surface area contributed by atoms with E-state index in [4.69, 9.17) is 0 Å². The van der Waals surface area contributed by atoms with Crippen molar-refractivity contribution in [2.45, 2.75) is 46.1 Å². The molecule has 0 unspecified atom stereocenters. The van der Waals surface area contributed by atoms with Crippen molar-refractivity contribution in [1.82, 2.24) is 4.90 Å². The number of aromatic hydroxyl groups is 2. The highest BCUT2D eigenvalue weighted by Gasteiger charge is 2.19. The van der Waals surface area contributed by atoms with Crippen LogP contribution in [0, 0.1) is 0 Å². The lowest BCUT2D eigenvalue weighted by Gasteiger charge is -2.21. The molecular weight excluding hydrogens is 226 g/mol. The van der Waals surface area contributed by atoms with Gasteiger partial charge in [-0.05, 0) is 56.0 Å². The fourth-order valence-corrected chi connectivity index (χ4v) is 2.90. The van der Waals surface area contributed by atoms with Gasteiger partial charge in [-0.3, -0.25) is 4.90 Å². The first-order valence-electron chi connectivity index (χ1n) is 6.95. The summed E-state index contributed by atoms with van der Waals surface area (Å²) < 4.78 is 0. The number of phenolic OH excluding ortho intramolecular Hbond substituents is 2. The summed E-state index contributed by atoms with van der Waals surface area (Å²) in [5.74, 6) is 0.106. The van der Waals surface area contributed by atoms with Crippen molar-refractivity contribution in [1.29, 1.82) is 0 Å². The first-order valence-corrected chi connectivity index (χ1v) is 6.95. The minimum atomic E-state index is 0.0262. The molecule has 0 amide bonds. The molecule has 18 heavy (non-hydrogen) atoms. The SMILES string of the molecule is CCc1cc(O)c(O)c(CN2CCCC2)c1CC. The Balaban J connectivity index is 2.38. The van der Waals surface area contributed by atoms with Gasteiger partial charge in [-0.1, -0.05) is 13.8 Å². The molecule has 0 aromatic heterocycles. The van der Waals surface area contributed by atoms with Gasteiger partial charge >= 0.3 is 0 Å². The molecule has 0 aliphatic carbocycles. The van der Waals surface area contributed by atoms with Crippen molar-refractivity contribution >= 4 is 0 Å². The van der Waals surface area contributed by atoms with E-state index in [1.54, 1.807) is 6.07 Å². The van der Waals surface area contributed by atoms with E-state index in [2.05, 4.69) is 18.7 Å². The monoisotopic (exact) mass is 249 g/mol. The van der Waals surface area contributed by atoms with Crippen LogP contribution in [0.15, 0.2) is 6.07 Å². The Morgan fingerprint density at radius 3 is 2.28 bits per heavy atom. The first-order chi connectivity index (χ1) is 8.67. The predicted octanol–water partition coefficient (Wildman–Crippen LogP) is 2.82. The van der Waals surface area contributed by atoms with Crippen LogP contribution in [0.25, 0.3) is 0 Å². The largest absolute Gasteiger partial charge is 0.504 e. The number of likely N-dealkylation sites (tertiary alicyclic amines) is 1. The highest BCUT2D eigenvalue weighted by atomic mass is 16.3. The number of phenols is 2. The first kappa shape index (κ1) is 13.2. The highest BCUT2D eigenvalue weighted by molar-refractivity contribution is 5.53. The number of benzene rings is 1. The number of hydrogen-bond acceptors (Lipinski definition) is 3. The Morgan fingerprint density at radius 2 is 1.72 bits per heavy atom. The molecule has 3 nitrogen and oxygen atoms in total. The van der Waals surface area contributed by atoms with Crippen molar-refractivity contribution in [2.24, 2.45) is 0 Å². The van der Waals surface area contributed by atoms with Crippen LogP contribution in [-0.2, 0) is 19.4 Å². The second kappa shape index (κ2) is 5.61. The molecule has 1 fully saturated rings. The molecule has 1 aromatic rings. The standard InChI is InChI=1S/C15H23NO2/c1-3-11-9-14(17)15(18)13(12(11)4-2)10-16-7-5-6-8-16/h9,17-18H,3-8,10H2,1-2H3. The van der Waals surface area contributed by atoms with Crippen LogP contribution in [0.3, 0.4) is 0 Å². The normalized spacial score (nSPS) is 16.3. The summed E-state index contributed by atoms with van der Waals surface area (Å²) in [6.45, 7) is 7.15. The van der Waals surface area contributed by atoms with Crippen LogP contribution in [0.1, 0.15) is 43.4 Å². The summed E-state index contributed by atoms with van der Waals surface area (Å²) in [6, 6.07) is 1.71. The van der Waals surface area contributed by atoms with Crippen molar-refractivity contribution in [3.05, 3.63) is 22.8 Å². The van der Waals surface area contributed by atoms with E-state index >= 15 is 0 Å². The summed E-state index contributed by atoms with van der Waals surface area (Å²) >= 11 is 0. The van der Waals surface area contributed by atoms with Crippen LogP contribution >= 0.6 is 0 Å². The van der Waals surface area contributed by atoms with Crippen LogP contribution in [0.5, 0.6) is 11.5 Å². The fraction of sp³-hybridized carbons (Fsp3) is 0.600. The molecule has 1 aromatic carbocycles. The maximum Gasteiger partial charge on any atom is 0.162 e. The van der Waals surface area contributed by atoms with E-state index in [1.807, 2.05) is 0 Å². The minimum absolute atomic E-state index is 0.0262. The second-order valence-electron chi connectivity index (χ2n) is 5.05. The Labute approximate surface area is 109 Å². The molecule has 0 radical (unpaired) electrons. The Kier molecular flexibility index (Phi) is 4.12. The molecule has 1 heterocycles. The van der Waals surface area contributed by atoms with Crippen LogP contribution in [0.2, 0.25) is 0 Å². The average Bonchev–Trinajstić information content (AvgIpc) is 2.87. The van der Waals surface area contributed by atoms with Gasteiger partial charge in [-0.2, -0.15) is 0 Å². The molecule has 1 aliphatic rings. The molecule has 2 N–H and O–H groups in total. The Morgan fingerprint density at radius 1 is 1.06 bits per heavy atom. The molecular formula is C15H23NO2. The van der Waals surface area contributed by atoms with E-state index in [0.717, 1.165) is 43.6 Å². The van der Waals surface area contributed by atoms with E-state index in [9.17, 15) is 10.2 Å². The van der Waals surface area contributed by atoms with E-state index < -0.39 is 0 Å². The predicted molar refractivity (Wildman–Crippen MR) is 73.0 cm³/mol. The fourth-order valence-electron chi connectivity index (χ4n) is 2.90. The van der Waals surface area contributed by atoms with Crippen LogP contribution < -0.4 is 0 Å². The molecule has 100 valence electrons. The molecule has 1 aliphatic heterocycles. The van der Waals surface area contributed by atoms with Crippen LogP contribution in [0.4, 0.5) is 0 Å². The number of hydrogen-bond donors (Lipinski definition) is 2. The van der Waals surface area contributed by atoms with Crippen molar-refractivity contribution in [3.63, 3.8) is 0 Å². The van der Waals surface area contributed by atoms with Gasteiger partial charge in [0.25, 0.3) is 0 Å². The third-order valence-electron chi connectivity index (χ3n) is 3.91. The zero-order valence-electron chi connectivity index (χ0n) is 11.4. The average molecular weight is 249 g/mol. The molecule has 1 saturated heterocycles. The second-order valence-corrected chi connectivity index (χ2v) is 5.05. The summed E-state index contributed by atoms with van der Waals surface area (Å²) in [7, 11) is 0. The third kappa shape index (κ3) is 2.46. The molecule has 0 bridgehead atoms. The van der Waals surface area contributed by atoms with Gasteiger partial charge in [0.05, 0.1) is 0 Å². The van der Waals surface area contributed by atoms with Gasteiger partial charge in [0.2, 0.25) is 0 Å². The topological polar surface area (TPSA) is 43.7 Å². The molecule has 3 heteroatoms. The van der Waals surface area contributed by atoms with Crippen molar-refractivity contribution < 1.29 is 10.2 Å². The summed E-state index contributed by atoms with van der Waals surface area (Å²) in [6.07, 6.45) is 4.27. The van der Waals surface area contributed by atoms with Gasteiger partial charge in [0.1, 0.15) is 0 Å². The van der Waals surface area contributed by atoms with Gasteiger partial charge in [0.15, 0.2) is 11.5 Å². The van der Waals surface area contributed by atoms with Crippen molar-refractivity contribution in [3.8, 4) is 11.5 Å². The van der Waals surface area contributed by atoms with Crippen LogP contribution in [-0.4, -0.2) is 28.2 Å². The Bertz CT molecular complexity index is 423. The Hall–Kier alpha value is -1.22. The van der Waals surface area contributed by atoms with Gasteiger partial charge < -0.3 is 10.2 Å². The number of aryl methyl sites for hydroxylation is 1. The number of nitrogens with zero attached hydrogens (tertiary/aromatic N) is 1. The summed E-state index contributed by atoms with van der Waals surface area (Å²) in [5.41, 5.74) is 3.29. The maximum atomic E-state index is 10.1. The third-order valence-corrected chi connectivity index (χ3v) is 3.91. The lowest BCUT2D eigenvalue weighted by molar-refractivity contribution is 0.318. The lowest BCUT2D eigenvalue weighted by atomic mass is 9.95. The quantitative estimate of drug-likeness (QED) is 0.806. The van der Waals surface area contributed by atoms with Gasteiger partial charge in [-0.25, -0.2) is 0 Å². The lowest BCUT2D eigenvalue weighted by Crippen LogP contribution is -2.19. The summed E-state index contributed by atoms with van der Waals surface area (Å²) in [4.78, 5) is 2.35. The van der Waals surface area contributed by atoms with E-state index in [0.29, 0.717) is 0 Å². The van der Waals surface area contributed by atoms with E-state index in [1.165, 1.54) is 18.4 Å². The molecule has 0 atom stereocenters. The van der Waals surface area contributed by atoms with E-state index in [-0.39, 0.29) is 11.5 Å². The number of rotatable bonds is 4. The molecule has 0 saturated carbocycles. The van der Waals surface area contributed by atoms with Gasteiger partial charge in [0, 0.05) is 12.1 Å². The molecule has 0 spiro atoms. The maximum absolute atomic E-state index is 10.1. The molecule has 2 rings (SSSR count). The minimum Gasteiger partial charge on any atom is -0.504 e. The smallest absolute Gasteiger partial charge is 0.162 e. The van der Waals surface area contributed by atoms with Crippen molar-refractivity contribution in [2.75, 3.05) is 13.1 Å². The van der Waals surface area contributed by atoms with Gasteiger partial charge in [-0.15, -0.1) is 0 Å². The summed E-state index contributed by atoms with van der Waals surface area (Å²) in [5, 5.41) is 20.0. The zero-order valence-corrected chi connectivity index (χ0v) is 11.4.